The number of fused-ring (bicyclic) bond motifs is 1. The van der Waals surface area contributed by atoms with Gasteiger partial charge in [-0.05, 0) is 40.8 Å². The Morgan fingerprint density at radius 1 is 0.792 bits per heavy atom. The minimum Gasteiger partial charge on any atom is -0.378 e. The molecule has 0 aromatic heterocycles. The predicted molar refractivity (Wildman–Crippen MR) is 102 cm³/mol. The van der Waals surface area contributed by atoms with E-state index in [0.717, 1.165) is 5.02 Å². The van der Waals surface area contributed by atoms with Gasteiger partial charge in [0.15, 0.2) is 0 Å². The van der Waals surface area contributed by atoms with Crippen molar-refractivity contribution in [2.75, 3.05) is 5.32 Å². The van der Waals surface area contributed by atoms with Gasteiger partial charge < -0.3 is 5.32 Å². The third-order valence-electron chi connectivity index (χ3n) is 5.03. The standard InChI is InChI=1S/C22H20ClN/c1-15-21(16-8-4-2-5-9-16)19-14-18(23)12-13-20(19)24-22(15)17-10-6-3-7-11-17/h2-15,21-22,24H,1H3/t15-,21-,22+/m1/s1. The maximum atomic E-state index is 6.30. The molecule has 0 fully saturated rings. The molecule has 1 aliphatic rings. The van der Waals surface area contributed by atoms with Crippen LogP contribution >= 0.6 is 11.6 Å². The molecule has 0 bridgehead atoms. The second-order valence-electron chi connectivity index (χ2n) is 6.51. The van der Waals surface area contributed by atoms with Crippen LogP contribution in [0.3, 0.4) is 0 Å². The molecule has 1 aliphatic heterocycles. The Morgan fingerprint density at radius 3 is 2.08 bits per heavy atom. The number of nitrogens with one attached hydrogen (secondary N) is 1. The van der Waals surface area contributed by atoms with Crippen molar-refractivity contribution in [1.29, 1.82) is 0 Å². The fourth-order valence-corrected chi connectivity index (χ4v) is 4.07. The second kappa shape index (κ2) is 6.33. The molecule has 3 aromatic rings. The number of rotatable bonds is 2. The molecule has 0 aliphatic carbocycles. The van der Waals surface area contributed by atoms with Crippen molar-refractivity contribution >= 4 is 17.3 Å². The number of halogens is 1. The van der Waals surface area contributed by atoms with Gasteiger partial charge in [0.2, 0.25) is 0 Å². The van der Waals surface area contributed by atoms with Crippen molar-refractivity contribution < 1.29 is 0 Å². The molecule has 0 radical (unpaired) electrons. The molecule has 120 valence electrons. The second-order valence-corrected chi connectivity index (χ2v) is 6.95. The number of benzene rings is 3. The highest BCUT2D eigenvalue weighted by atomic mass is 35.5. The third kappa shape index (κ3) is 2.70. The van der Waals surface area contributed by atoms with Crippen molar-refractivity contribution in [3.05, 3.63) is 101 Å². The Kier molecular flexibility index (Phi) is 4.03. The van der Waals surface area contributed by atoms with Crippen molar-refractivity contribution in [2.45, 2.75) is 18.9 Å². The maximum absolute atomic E-state index is 6.30. The summed E-state index contributed by atoms with van der Waals surface area (Å²) < 4.78 is 0. The molecule has 24 heavy (non-hydrogen) atoms. The fraction of sp³-hybridized carbons (Fsp3) is 0.182. The van der Waals surface area contributed by atoms with Gasteiger partial charge in [-0.3, -0.25) is 0 Å². The summed E-state index contributed by atoms with van der Waals surface area (Å²) in [4.78, 5) is 0. The molecule has 0 amide bonds. The van der Waals surface area contributed by atoms with Crippen LogP contribution in [0, 0.1) is 5.92 Å². The van der Waals surface area contributed by atoms with Gasteiger partial charge in [0.25, 0.3) is 0 Å². The lowest BCUT2D eigenvalue weighted by Crippen LogP contribution is -2.30. The minimum absolute atomic E-state index is 0.282. The zero-order chi connectivity index (χ0) is 16.5. The van der Waals surface area contributed by atoms with Crippen LogP contribution < -0.4 is 5.32 Å². The molecule has 0 saturated carbocycles. The molecule has 1 N–H and O–H groups in total. The van der Waals surface area contributed by atoms with Gasteiger partial charge >= 0.3 is 0 Å². The van der Waals surface area contributed by atoms with E-state index in [1.54, 1.807) is 0 Å². The number of hydrogen-bond acceptors (Lipinski definition) is 1. The van der Waals surface area contributed by atoms with Gasteiger partial charge in [0.1, 0.15) is 0 Å². The summed E-state index contributed by atoms with van der Waals surface area (Å²) in [6, 6.07) is 27.9. The van der Waals surface area contributed by atoms with Crippen LogP contribution in [0.2, 0.25) is 5.02 Å². The Labute approximate surface area is 148 Å². The van der Waals surface area contributed by atoms with E-state index in [1.807, 2.05) is 6.07 Å². The van der Waals surface area contributed by atoms with Crippen molar-refractivity contribution in [3.8, 4) is 0 Å². The van der Waals surface area contributed by atoms with E-state index in [1.165, 1.54) is 22.4 Å². The monoisotopic (exact) mass is 333 g/mol. The van der Waals surface area contributed by atoms with Crippen LogP contribution in [-0.4, -0.2) is 0 Å². The van der Waals surface area contributed by atoms with E-state index in [4.69, 9.17) is 11.6 Å². The Hall–Kier alpha value is -2.25. The van der Waals surface area contributed by atoms with E-state index in [0.29, 0.717) is 11.8 Å². The van der Waals surface area contributed by atoms with Crippen LogP contribution in [0.1, 0.15) is 35.6 Å². The molecular formula is C22H20ClN. The lowest BCUT2D eigenvalue weighted by atomic mass is 9.73. The molecule has 3 atom stereocenters. The van der Waals surface area contributed by atoms with Gasteiger partial charge in [0.05, 0.1) is 6.04 Å². The molecule has 0 spiro atoms. The average Bonchev–Trinajstić information content (AvgIpc) is 2.63. The lowest BCUT2D eigenvalue weighted by Gasteiger charge is -2.40. The fourth-order valence-electron chi connectivity index (χ4n) is 3.89. The highest BCUT2D eigenvalue weighted by molar-refractivity contribution is 6.30. The van der Waals surface area contributed by atoms with E-state index in [9.17, 15) is 0 Å². The Balaban J connectivity index is 1.85. The molecule has 2 heteroatoms. The largest absolute Gasteiger partial charge is 0.378 e. The molecule has 4 rings (SSSR count). The van der Waals surface area contributed by atoms with Crippen LogP contribution in [0.25, 0.3) is 0 Å². The third-order valence-corrected chi connectivity index (χ3v) is 5.26. The lowest BCUT2D eigenvalue weighted by molar-refractivity contribution is 0.428. The zero-order valence-electron chi connectivity index (χ0n) is 13.6. The van der Waals surface area contributed by atoms with Crippen molar-refractivity contribution in [1.82, 2.24) is 0 Å². The summed E-state index contributed by atoms with van der Waals surface area (Å²) in [5.41, 5.74) is 5.14. The summed E-state index contributed by atoms with van der Waals surface area (Å²) >= 11 is 6.30. The molecule has 3 aromatic carbocycles. The molecule has 1 heterocycles. The zero-order valence-corrected chi connectivity index (χ0v) is 14.4. The van der Waals surface area contributed by atoms with Crippen LogP contribution in [0.5, 0.6) is 0 Å². The van der Waals surface area contributed by atoms with Gasteiger partial charge in [-0.15, -0.1) is 0 Å². The molecule has 0 saturated heterocycles. The minimum atomic E-state index is 0.282. The average molecular weight is 334 g/mol. The first-order valence-corrected chi connectivity index (χ1v) is 8.78. The smallest absolute Gasteiger partial charge is 0.0548 e. The molecule has 1 nitrogen and oxygen atoms in total. The number of anilines is 1. The van der Waals surface area contributed by atoms with Crippen LogP contribution in [-0.2, 0) is 0 Å². The van der Waals surface area contributed by atoms with Crippen molar-refractivity contribution in [3.63, 3.8) is 0 Å². The molecule has 0 unspecified atom stereocenters. The maximum Gasteiger partial charge on any atom is 0.0548 e. The molecular weight excluding hydrogens is 314 g/mol. The first kappa shape index (κ1) is 15.3. The predicted octanol–water partition coefficient (Wildman–Crippen LogP) is 6.27. The Bertz CT molecular complexity index is 829. The summed E-state index contributed by atoms with van der Waals surface area (Å²) in [7, 11) is 0. The quantitative estimate of drug-likeness (QED) is 0.582. The van der Waals surface area contributed by atoms with E-state index in [2.05, 4.69) is 85.0 Å². The van der Waals surface area contributed by atoms with Gasteiger partial charge in [-0.25, -0.2) is 0 Å². The van der Waals surface area contributed by atoms with Gasteiger partial charge in [0, 0.05) is 16.6 Å². The summed E-state index contributed by atoms with van der Waals surface area (Å²) in [5.74, 6) is 0.743. The van der Waals surface area contributed by atoms with Gasteiger partial charge in [-0.1, -0.05) is 79.2 Å². The van der Waals surface area contributed by atoms with Crippen LogP contribution in [0.15, 0.2) is 78.9 Å². The first-order chi connectivity index (χ1) is 11.7. The van der Waals surface area contributed by atoms with E-state index in [-0.39, 0.29) is 6.04 Å². The topological polar surface area (TPSA) is 12.0 Å². The Morgan fingerprint density at radius 2 is 1.42 bits per heavy atom. The highest BCUT2D eigenvalue weighted by Crippen LogP contribution is 2.48. The van der Waals surface area contributed by atoms with E-state index >= 15 is 0 Å². The van der Waals surface area contributed by atoms with Crippen molar-refractivity contribution in [2.24, 2.45) is 5.92 Å². The normalized spacial score (nSPS) is 22.5. The van der Waals surface area contributed by atoms with Gasteiger partial charge in [-0.2, -0.15) is 0 Å². The summed E-state index contributed by atoms with van der Waals surface area (Å²) in [6.45, 7) is 2.33. The van der Waals surface area contributed by atoms with Crippen LogP contribution in [0.4, 0.5) is 5.69 Å². The summed E-state index contributed by atoms with van der Waals surface area (Å²) in [6.07, 6.45) is 0. The SMILES string of the molecule is C[C@@H]1[C@H](c2ccccc2)c2cc(Cl)ccc2N[C@@H]1c1ccccc1. The summed E-state index contributed by atoms with van der Waals surface area (Å²) in [5, 5.41) is 4.52. The van der Waals surface area contributed by atoms with E-state index < -0.39 is 0 Å². The highest BCUT2D eigenvalue weighted by Gasteiger charge is 2.35. The first-order valence-electron chi connectivity index (χ1n) is 8.40. The number of hydrogen-bond donors (Lipinski definition) is 1.